The third-order valence-electron chi connectivity index (χ3n) is 7.61. The quantitative estimate of drug-likeness (QED) is 0.361. The molecule has 36 heavy (non-hydrogen) atoms. The zero-order chi connectivity index (χ0) is 26.5. The number of likely N-dealkylation sites (tertiary alicyclic amines) is 1. The van der Waals surface area contributed by atoms with Crippen molar-refractivity contribution in [2.45, 2.75) is 97.1 Å². The Morgan fingerprint density at radius 3 is 2.22 bits per heavy atom. The number of rotatable bonds is 10. The average molecular weight is 500 g/mol. The Kier molecular flexibility index (Phi) is 9.68. The lowest BCUT2D eigenvalue weighted by Crippen LogP contribution is -2.44. The predicted octanol–water partition coefficient (Wildman–Crippen LogP) is 7.93. The van der Waals surface area contributed by atoms with Gasteiger partial charge in [0, 0.05) is 24.6 Å². The molecular weight excluding hydrogens is 456 g/mol. The molecule has 0 radical (unpaired) electrons. The number of aliphatic carboxylic acids is 1. The molecule has 1 aliphatic rings. The molecule has 198 valence electrons. The van der Waals surface area contributed by atoms with Gasteiger partial charge in [-0.2, -0.15) is 0 Å². The second kappa shape index (κ2) is 12.3. The topological polar surface area (TPSA) is 40.5 Å². The molecule has 0 bridgehead atoms. The number of aryl methyl sites for hydroxylation is 1. The van der Waals surface area contributed by atoms with E-state index in [0.717, 1.165) is 44.7 Å². The van der Waals surface area contributed by atoms with E-state index in [9.17, 15) is 18.7 Å². The summed E-state index contributed by atoms with van der Waals surface area (Å²) in [7, 11) is 0. The molecule has 1 heterocycles. The molecule has 0 unspecified atom stereocenters. The van der Waals surface area contributed by atoms with Gasteiger partial charge in [-0.3, -0.25) is 9.69 Å². The van der Waals surface area contributed by atoms with Crippen molar-refractivity contribution in [2.75, 3.05) is 6.54 Å². The second-order valence-electron chi connectivity index (χ2n) is 12.1. The monoisotopic (exact) mass is 499 g/mol. The fourth-order valence-electron chi connectivity index (χ4n) is 5.55. The number of halogens is 2. The first-order valence-corrected chi connectivity index (χ1v) is 13.4. The maximum absolute atomic E-state index is 13.8. The molecule has 1 saturated heterocycles. The van der Waals surface area contributed by atoms with Gasteiger partial charge in [0.2, 0.25) is 0 Å². The third-order valence-corrected chi connectivity index (χ3v) is 7.61. The highest BCUT2D eigenvalue weighted by Crippen LogP contribution is 2.39. The number of hydrogen-bond acceptors (Lipinski definition) is 2. The molecule has 5 heteroatoms. The molecule has 0 aliphatic carbocycles. The van der Waals surface area contributed by atoms with E-state index in [0.29, 0.717) is 17.9 Å². The molecular formula is C31H43F2NO2. The van der Waals surface area contributed by atoms with Crippen molar-refractivity contribution >= 4 is 5.97 Å². The van der Waals surface area contributed by atoms with E-state index in [1.807, 2.05) is 0 Å². The summed E-state index contributed by atoms with van der Waals surface area (Å²) in [4.78, 5) is 14.1. The minimum absolute atomic E-state index is 0.0661. The molecule has 3 atom stereocenters. The summed E-state index contributed by atoms with van der Waals surface area (Å²) in [5.74, 6) is -1.09. The van der Waals surface area contributed by atoms with E-state index >= 15 is 0 Å². The van der Waals surface area contributed by atoms with Gasteiger partial charge >= 0.3 is 5.97 Å². The van der Waals surface area contributed by atoms with Crippen LogP contribution in [-0.2, 0) is 16.6 Å². The van der Waals surface area contributed by atoms with Gasteiger partial charge < -0.3 is 5.11 Å². The van der Waals surface area contributed by atoms with Gasteiger partial charge in [-0.25, -0.2) is 8.78 Å². The Balaban J connectivity index is 1.88. The minimum atomic E-state index is -0.736. The number of carboxylic acid groups (broad SMARTS) is 1. The summed E-state index contributed by atoms with van der Waals surface area (Å²) in [6.45, 7) is 11.9. The molecule has 0 saturated carbocycles. The Bertz CT molecular complexity index is 976. The number of benzene rings is 2. The smallest absolute Gasteiger partial charge is 0.303 e. The second-order valence-corrected chi connectivity index (χ2v) is 12.1. The lowest BCUT2D eigenvalue weighted by atomic mass is 9.81. The van der Waals surface area contributed by atoms with Crippen molar-refractivity contribution in [3.63, 3.8) is 0 Å². The highest BCUT2D eigenvalue weighted by molar-refractivity contribution is 5.67. The van der Waals surface area contributed by atoms with Gasteiger partial charge in [0.25, 0.3) is 0 Å². The Labute approximate surface area is 215 Å². The molecule has 1 N–H and O–H groups in total. The van der Waals surface area contributed by atoms with Crippen LogP contribution in [0.3, 0.4) is 0 Å². The zero-order valence-electron chi connectivity index (χ0n) is 22.6. The van der Waals surface area contributed by atoms with E-state index in [2.05, 4.69) is 63.8 Å². The number of piperidine rings is 1. The Morgan fingerprint density at radius 2 is 1.67 bits per heavy atom. The van der Waals surface area contributed by atoms with Crippen molar-refractivity contribution in [3.8, 4) is 0 Å². The van der Waals surface area contributed by atoms with Crippen LogP contribution in [-0.4, -0.2) is 28.6 Å². The first-order chi connectivity index (χ1) is 16.9. The third kappa shape index (κ3) is 8.12. The van der Waals surface area contributed by atoms with Gasteiger partial charge in [-0.05, 0) is 91.1 Å². The lowest BCUT2D eigenvalue weighted by molar-refractivity contribution is -0.138. The van der Waals surface area contributed by atoms with Crippen LogP contribution in [0.2, 0.25) is 0 Å². The van der Waals surface area contributed by atoms with Crippen LogP contribution in [0.25, 0.3) is 0 Å². The van der Waals surface area contributed by atoms with Crippen LogP contribution in [0, 0.1) is 23.5 Å². The molecule has 0 spiro atoms. The summed E-state index contributed by atoms with van der Waals surface area (Å²) in [6.07, 6.45) is 5.38. The first kappa shape index (κ1) is 28.3. The molecule has 2 aromatic rings. The summed E-state index contributed by atoms with van der Waals surface area (Å²) < 4.78 is 27.6. The summed E-state index contributed by atoms with van der Waals surface area (Å²) in [5, 5.41) is 9.45. The van der Waals surface area contributed by atoms with E-state index < -0.39 is 17.6 Å². The predicted molar refractivity (Wildman–Crippen MR) is 142 cm³/mol. The molecule has 1 fully saturated rings. The summed E-state index contributed by atoms with van der Waals surface area (Å²) in [6, 6.07) is 13.0. The Hall–Kier alpha value is -2.27. The maximum Gasteiger partial charge on any atom is 0.303 e. The van der Waals surface area contributed by atoms with Crippen LogP contribution in [0.15, 0.2) is 42.5 Å². The summed E-state index contributed by atoms with van der Waals surface area (Å²) >= 11 is 0. The zero-order valence-corrected chi connectivity index (χ0v) is 22.6. The lowest BCUT2D eigenvalue weighted by Gasteiger charge is -2.44. The minimum Gasteiger partial charge on any atom is -0.481 e. The fraction of sp³-hybridized carbons (Fsp3) is 0.581. The highest BCUT2D eigenvalue weighted by Gasteiger charge is 2.34. The van der Waals surface area contributed by atoms with Gasteiger partial charge in [-0.15, -0.1) is 0 Å². The van der Waals surface area contributed by atoms with Crippen LogP contribution >= 0.6 is 0 Å². The standard InChI is InChI=1S/C31H43F2NO2/c1-21(2)6-12-28(13-7-22-16-26(32)20-27(33)17-22)34-15-14-23(19-30(35)36)18-29(34)24-8-10-25(11-9-24)31(3,4)5/h8-11,16-17,20-21,23,28-29H,6-7,12-15,18-19H2,1-5H3,(H,35,36)/t23-,28+,29+/m1/s1. The average Bonchev–Trinajstić information content (AvgIpc) is 2.78. The van der Waals surface area contributed by atoms with E-state index in [1.54, 1.807) is 0 Å². The highest BCUT2D eigenvalue weighted by atomic mass is 19.1. The molecule has 0 amide bonds. The molecule has 1 aliphatic heterocycles. The van der Waals surface area contributed by atoms with Crippen molar-refractivity contribution in [2.24, 2.45) is 11.8 Å². The summed E-state index contributed by atoms with van der Waals surface area (Å²) in [5.41, 5.74) is 3.26. The fourth-order valence-corrected chi connectivity index (χ4v) is 5.55. The van der Waals surface area contributed by atoms with Crippen molar-refractivity contribution in [1.29, 1.82) is 0 Å². The largest absolute Gasteiger partial charge is 0.481 e. The van der Waals surface area contributed by atoms with Gasteiger partial charge in [-0.1, -0.05) is 58.9 Å². The van der Waals surface area contributed by atoms with Crippen LogP contribution < -0.4 is 0 Å². The number of nitrogens with zero attached hydrogens (tertiary/aromatic N) is 1. The van der Waals surface area contributed by atoms with Gasteiger partial charge in [0.05, 0.1) is 0 Å². The van der Waals surface area contributed by atoms with Gasteiger partial charge in [0.1, 0.15) is 11.6 Å². The van der Waals surface area contributed by atoms with Crippen LogP contribution in [0.4, 0.5) is 8.78 Å². The van der Waals surface area contributed by atoms with Gasteiger partial charge in [0.15, 0.2) is 0 Å². The SMILES string of the molecule is CC(C)CC[C@@H](CCc1cc(F)cc(F)c1)N1CC[C@@H](CC(=O)O)C[C@H]1c1ccc(C(C)(C)C)cc1. The first-order valence-electron chi connectivity index (χ1n) is 13.4. The maximum atomic E-state index is 13.8. The Morgan fingerprint density at radius 1 is 1.03 bits per heavy atom. The van der Waals surface area contributed by atoms with Crippen molar-refractivity contribution in [3.05, 3.63) is 70.8 Å². The molecule has 2 aromatic carbocycles. The van der Waals surface area contributed by atoms with Crippen molar-refractivity contribution < 1.29 is 18.7 Å². The van der Waals surface area contributed by atoms with E-state index in [4.69, 9.17) is 0 Å². The number of hydrogen-bond donors (Lipinski definition) is 1. The van der Waals surface area contributed by atoms with Crippen LogP contribution in [0.1, 0.15) is 95.9 Å². The molecule has 3 nitrogen and oxygen atoms in total. The van der Waals surface area contributed by atoms with Crippen LogP contribution in [0.5, 0.6) is 0 Å². The molecule has 0 aromatic heterocycles. The van der Waals surface area contributed by atoms with E-state index in [-0.39, 0.29) is 29.8 Å². The number of carbonyl (C=O) groups is 1. The van der Waals surface area contributed by atoms with Crippen molar-refractivity contribution in [1.82, 2.24) is 4.90 Å². The molecule has 3 rings (SSSR count). The number of carboxylic acids is 1. The van der Waals surface area contributed by atoms with E-state index in [1.165, 1.54) is 23.3 Å². The normalized spacial score (nSPS) is 20.0.